The van der Waals surface area contributed by atoms with Crippen LogP contribution in [0.25, 0.3) is 11.1 Å². The van der Waals surface area contributed by atoms with Crippen LogP contribution in [0.15, 0.2) is 36.4 Å². The van der Waals surface area contributed by atoms with Crippen LogP contribution in [0.3, 0.4) is 0 Å². The summed E-state index contributed by atoms with van der Waals surface area (Å²) in [6, 6.07) is 11.3. The van der Waals surface area contributed by atoms with E-state index in [1.54, 1.807) is 13.2 Å². The molecule has 2 aromatic carbocycles. The number of benzene rings is 2. The maximum absolute atomic E-state index is 11.0. The predicted molar refractivity (Wildman–Crippen MR) is 73.6 cm³/mol. The molecule has 0 radical (unpaired) electrons. The number of carbonyl (C=O) groups excluding carboxylic acids is 1. The van der Waals surface area contributed by atoms with Crippen LogP contribution < -0.4 is 4.74 Å². The molecule has 0 aliphatic carbocycles. The van der Waals surface area contributed by atoms with E-state index in [0.29, 0.717) is 16.3 Å². The Morgan fingerprint density at radius 2 is 1.94 bits per heavy atom. The molecule has 0 aliphatic rings. The molecule has 92 valence electrons. The van der Waals surface area contributed by atoms with Crippen molar-refractivity contribution in [1.82, 2.24) is 0 Å². The Bertz CT molecular complexity index is 591. The van der Waals surface area contributed by atoms with Crippen LogP contribution in [0.2, 0.25) is 5.02 Å². The molecule has 18 heavy (non-hydrogen) atoms. The minimum absolute atomic E-state index is 0.546. The monoisotopic (exact) mass is 260 g/mol. The van der Waals surface area contributed by atoms with Gasteiger partial charge < -0.3 is 4.74 Å². The predicted octanol–water partition coefficient (Wildman–Crippen LogP) is 4.14. The first-order chi connectivity index (χ1) is 8.65. The summed E-state index contributed by atoms with van der Waals surface area (Å²) < 4.78 is 5.12. The van der Waals surface area contributed by atoms with Crippen molar-refractivity contribution in [2.24, 2.45) is 0 Å². The Morgan fingerprint density at radius 3 is 2.56 bits per heavy atom. The number of methoxy groups -OCH3 is 1. The van der Waals surface area contributed by atoms with Gasteiger partial charge in [0.05, 0.1) is 12.7 Å². The second-order valence-electron chi connectivity index (χ2n) is 4.03. The van der Waals surface area contributed by atoms with E-state index in [1.165, 1.54) is 0 Å². The Labute approximate surface area is 111 Å². The van der Waals surface area contributed by atoms with Gasteiger partial charge in [-0.25, -0.2) is 0 Å². The van der Waals surface area contributed by atoms with Gasteiger partial charge in [0.2, 0.25) is 0 Å². The molecule has 0 amide bonds. The van der Waals surface area contributed by atoms with Gasteiger partial charge in [0.1, 0.15) is 5.75 Å². The summed E-state index contributed by atoms with van der Waals surface area (Å²) in [5, 5.41) is 0.709. The zero-order valence-corrected chi connectivity index (χ0v) is 11.0. The van der Waals surface area contributed by atoms with E-state index in [4.69, 9.17) is 16.3 Å². The summed E-state index contributed by atoms with van der Waals surface area (Å²) in [5.74, 6) is 0.584. The van der Waals surface area contributed by atoms with Crippen LogP contribution in [0.5, 0.6) is 5.75 Å². The van der Waals surface area contributed by atoms with Crippen molar-refractivity contribution in [2.45, 2.75) is 6.92 Å². The molecule has 3 heteroatoms. The van der Waals surface area contributed by atoms with Crippen molar-refractivity contribution in [3.05, 3.63) is 52.5 Å². The molecule has 0 N–H and O–H groups in total. The molecule has 0 saturated heterocycles. The fourth-order valence-electron chi connectivity index (χ4n) is 1.94. The number of rotatable bonds is 3. The lowest BCUT2D eigenvalue weighted by atomic mass is 9.99. The van der Waals surface area contributed by atoms with Crippen LogP contribution in [0, 0.1) is 6.92 Å². The largest absolute Gasteiger partial charge is 0.496 e. The Kier molecular flexibility index (Phi) is 3.68. The topological polar surface area (TPSA) is 26.3 Å². The fraction of sp³-hybridized carbons (Fsp3) is 0.133. The zero-order valence-electron chi connectivity index (χ0n) is 10.2. The molecular formula is C15H13ClO2. The normalized spacial score (nSPS) is 10.2. The summed E-state index contributed by atoms with van der Waals surface area (Å²) in [7, 11) is 1.55. The number of aryl methyl sites for hydroxylation is 1. The van der Waals surface area contributed by atoms with E-state index in [-0.39, 0.29) is 0 Å². The van der Waals surface area contributed by atoms with Gasteiger partial charge in [0, 0.05) is 5.02 Å². The molecule has 0 fully saturated rings. The third-order valence-corrected chi connectivity index (χ3v) is 3.09. The van der Waals surface area contributed by atoms with Gasteiger partial charge in [-0.3, -0.25) is 4.79 Å². The van der Waals surface area contributed by atoms with Gasteiger partial charge in [-0.15, -0.1) is 0 Å². The van der Waals surface area contributed by atoms with Gasteiger partial charge in [-0.1, -0.05) is 23.7 Å². The first kappa shape index (κ1) is 12.7. The maximum atomic E-state index is 11.0. The Balaban J connectivity index is 2.54. The Hall–Kier alpha value is -1.80. The highest BCUT2D eigenvalue weighted by molar-refractivity contribution is 6.30. The van der Waals surface area contributed by atoms with E-state index < -0.39 is 0 Å². The minimum Gasteiger partial charge on any atom is -0.496 e. The molecule has 0 aliphatic heterocycles. The number of carbonyl (C=O) groups is 1. The lowest BCUT2D eigenvalue weighted by Gasteiger charge is -2.09. The Morgan fingerprint density at radius 1 is 1.17 bits per heavy atom. The smallest absolute Gasteiger partial charge is 0.153 e. The zero-order chi connectivity index (χ0) is 13.1. The van der Waals surface area contributed by atoms with Gasteiger partial charge in [0.15, 0.2) is 6.29 Å². The molecule has 2 rings (SSSR count). The number of hydrogen-bond acceptors (Lipinski definition) is 2. The molecule has 0 aromatic heterocycles. The average molecular weight is 261 g/mol. The van der Waals surface area contributed by atoms with Crippen molar-refractivity contribution in [2.75, 3.05) is 7.11 Å². The van der Waals surface area contributed by atoms with Crippen molar-refractivity contribution in [3.8, 4) is 16.9 Å². The van der Waals surface area contributed by atoms with Gasteiger partial charge in [-0.05, 0) is 47.9 Å². The summed E-state index contributed by atoms with van der Waals surface area (Å²) in [5.41, 5.74) is 3.66. The lowest BCUT2D eigenvalue weighted by molar-refractivity contribution is 0.112. The number of aldehydes is 1. The molecule has 0 bridgehead atoms. The highest BCUT2D eigenvalue weighted by Crippen LogP contribution is 2.29. The van der Waals surface area contributed by atoms with Gasteiger partial charge in [-0.2, -0.15) is 0 Å². The molecule has 2 aromatic rings. The number of hydrogen-bond donors (Lipinski definition) is 0. The van der Waals surface area contributed by atoms with Gasteiger partial charge >= 0.3 is 0 Å². The van der Waals surface area contributed by atoms with Crippen molar-refractivity contribution in [1.29, 1.82) is 0 Å². The summed E-state index contributed by atoms with van der Waals surface area (Å²) in [6.07, 6.45) is 0.799. The van der Waals surface area contributed by atoms with Crippen molar-refractivity contribution >= 4 is 17.9 Å². The summed E-state index contributed by atoms with van der Waals surface area (Å²) in [6.45, 7) is 1.99. The highest BCUT2D eigenvalue weighted by atomic mass is 35.5. The molecule has 0 spiro atoms. The third-order valence-electron chi connectivity index (χ3n) is 2.86. The van der Waals surface area contributed by atoms with E-state index in [1.807, 2.05) is 37.3 Å². The van der Waals surface area contributed by atoms with E-state index in [9.17, 15) is 4.79 Å². The standard InChI is InChI=1S/C15H13ClO2/c1-10-7-13(16)4-5-14(10)11-3-6-15(18-2)12(8-11)9-17/h3-9H,1-2H3. The van der Waals surface area contributed by atoms with Crippen molar-refractivity contribution < 1.29 is 9.53 Å². The van der Waals surface area contributed by atoms with E-state index >= 15 is 0 Å². The molecule has 0 heterocycles. The molecular weight excluding hydrogens is 248 g/mol. The minimum atomic E-state index is 0.546. The summed E-state index contributed by atoms with van der Waals surface area (Å²) >= 11 is 5.93. The quantitative estimate of drug-likeness (QED) is 0.776. The van der Waals surface area contributed by atoms with Crippen LogP contribution in [0.4, 0.5) is 0 Å². The second-order valence-corrected chi connectivity index (χ2v) is 4.47. The third kappa shape index (κ3) is 2.39. The number of ether oxygens (including phenoxy) is 1. The second kappa shape index (κ2) is 5.23. The van der Waals surface area contributed by atoms with Crippen molar-refractivity contribution in [3.63, 3.8) is 0 Å². The lowest BCUT2D eigenvalue weighted by Crippen LogP contribution is -1.92. The average Bonchev–Trinajstić information content (AvgIpc) is 2.38. The SMILES string of the molecule is COc1ccc(-c2ccc(Cl)cc2C)cc1C=O. The van der Waals surface area contributed by atoms with Crippen LogP contribution >= 0.6 is 11.6 Å². The first-order valence-electron chi connectivity index (χ1n) is 5.55. The van der Waals surface area contributed by atoms with Crippen LogP contribution in [0.1, 0.15) is 15.9 Å². The molecule has 0 saturated carbocycles. The van der Waals surface area contributed by atoms with E-state index in [2.05, 4.69) is 0 Å². The molecule has 0 unspecified atom stereocenters. The summed E-state index contributed by atoms with van der Waals surface area (Å²) in [4.78, 5) is 11.0. The molecule has 2 nitrogen and oxygen atoms in total. The first-order valence-corrected chi connectivity index (χ1v) is 5.93. The van der Waals surface area contributed by atoms with E-state index in [0.717, 1.165) is 23.0 Å². The van der Waals surface area contributed by atoms with Gasteiger partial charge in [0.25, 0.3) is 0 Å². The molecule has 0 atom stereocenters. The number of halogens is 1. The fourth-order valence-corrected chi connectivity index (χ4v) is 2.17. The highest BCUT2D eigenvalue weighted by Gasteiger charge is 2.07. The van der Waals surface area contributed by atoms with Crippen LogP contribution in [-0.2, 0) is 0 Å². The maximum Gasteiger partial charge on any atom is 0.153 e. The van der Waals surface area contributed by atoms with Crippen LogP contribution in [-0.4, -0.2) is 13.4 Å².